The highest BCUT2D eigenvalue weighted by Gasteiger charge is 2.30. The number of quaternary nitrogens is 1. The Bertz CT molecular complexity index is 905. The molecule has 3 nitrogen and oxygen atoms in total. The lowest BCUT2D eigenvalue weighted by Crippen LogP contribution is -3.14. The van der Waals surface area contributed by atoms with E-state index in [9.17, 15) is 9.18 Å². The second-order valence-corrected chi connectivity index (χ2v) is 8.90. The van der Waals surface area contributed by atoms with E-state index in [1.807, 2.05) is 28.8 Å². The van der Waals surface area contributed by atoms with E-state index in [0.29, 0.717) is 12.6 Å². The normalized spacial score (nSPS) is 20.1. The summed E-state index contributed by atoms with van der Waals surface area (Å²) in [7, 11) is 0. The highest BCUT2D eigenvalue weighted by atomic mass is 32.1. The minimum Gasteiger partial charge on any atom is -0.339 e. The molecule has 27 heavy (non-hydrogen) atoms. The van der Waals surface area contributed by atoms with Gasteiger partial charge in [-0.3, -0.25) is 4.79 Å². The predicted octanol–water partition coefficient (Wildman–Crippen LogP) is 3.36. The highest BCUT2D eigenvalue weighted by Crippen LogP contribution is 2.27. The van der Waals surface area contributed by atoms with E-state index in [2.05, 4.69) is 23.7 Å². The first-order valence-corrected chi connectivity index (χ1v) is 10.9. The van der Waals surface area contributed by atoms with E-state index < -0.39 is 0 Å². The monoisotopic (exact) mass is 401 g/mol. The van der Waals surface area contributed by atoms with Crippen LogP contribution in [-0.4, -0.2) is 19.0 Å². The molecular formula is C21H22FN2OS2+. The fraction of sp³-hybridized carbons (Fsp3) is 0.286. The van der Waals surface area contributed by atoms with Crippen molar-refractivity contribution >= 4 is 28.6 Å². The van der Waals surface area contributed by atoms with Crippen LogP contribution in [0, 0.1) is 5.82 Å². The molecule has 6 heteroatoms. The standard InChI is InChI=1S/C21H21FN2OS2/c1-14-17-9-12-27-18(17)8-10-24(14)13-20(25)23-21(19-3-2-11-26-19)15-4-6-16(22)7-5-15/h2-7,9,11-12,14,21H,8,10,13H2,1H3,(H,23,25)/p+1/t14-,21+/m1/s1. The number of fused-ring (bicyclic) bond motifs is 1. The number of rotatable bonds is 5. The summed E-state index contributed by atoms with van der Waals surface area (Å²) in [6.07, 6.45) is 1.03. The van der Waals surface area contributed by atoms with Crippen molar-refractivity contribution in [3.05, 3.63) is 79.9 Å². The lowest BCUT2D eigenvalue weighted by Gasteiger charge is -2.30. The Labute approximate surface area is 166 Å². The molecule has 3 atom stereocenters. The highest BCUT2D eigenvalue weighted by molar-refractivity contribution is 7.10. The van der Waals surface area contributed by atoms with Crippen molar-refractivity contribution in [2.24, 2.45) is 0 Å². The van der Waals surface area contributed by atoms with Crippen LogP contribution < -0.4 is 10.2 Å². The van der Waals surface area contributed by atoms with Gasteiger partial charge in [0.1, 0.15) is 11.9 Å². The van der Waals surface area contributed by atoms with Crippen LogP contribution in [0.2, 0.25) is 0 Å². The van der Waals surface area contributed by atoms with Crippen molar-refractivity contribution < 1.29 is 14.1 Å². The molecule has 0 radical (unpaired) electrons. The lowest BCUT2D eigenvalue weighted by molar-refractivity contribution is -0.924. The van der Waals surface area contributed by atoms with E-state index in [1.54, 1.807) is 23.5 Å². The summed E-state index contributed by atoms with van der Waals surface area (Å²) in [6.45, 7) is 3.62. The van der Waals surface area contributed by atoms with Gasteiger partial charge in [-0.2, -0.15) is 0 Å². The molecule has 0 fully saturated rings. The van der Waals surface area contributed by atoms with Crippen molar-refractivity contribution in [2.75, 3.05) is 13.1 Å². The minimum absolute atomic E-state index is 0.0262. The quantitative estimate of drug-likeness (QED) is 0.675. The Balaban J connectivity index is 1.48. The number of carbonyl (C=O) groups is 1. The predicted molar refractivity (Wildman–Crippen MR) is 108 cm³/mol. The first kappa shape index (κ1) is 18.3. The van der Waals surface area contributed by atoms with Crippen LogP contribution >= 0.6 is 22.7 Å². The van der Waals surface area contributed by atoms with Gasteiger partial charge < -0.3 is 10.2 Å². The number of halogens is 1. The first-order valence-electron chi connectivity index (χ1n) is 9.11. The third-order valence-electron chi connectivity index (χ3n) is 5.26. The Morgan fingerprint density at radius 1 is 1.22 bits per heavy atom. The van der Waals surface area contributed by atoms with E-state index in [1.165, 1.54) is 27.5 Å². The number of carbonyl (C=O) groups excluding carboxylic acids is 1. The lowest BCUT2D eigenvalue weighted by atomic mass is 10.0. The van der Waals surface area contributed by atoms with Gasteiger partial charge in [0.05, 0.1) is 12.6 Å². The van der Waals surface area contributed by atoms with Crippen LogP contribution in [0.1, 0.15) is 39.9 Å². The molecular weight excluding hydrogens is 379 g/mol. The van der Waals surface area contributed by atoms with Gasteiger partial charge in [-0.1, -0.05) is 18.2 Å². The van der Waals surface area contributed by atoms with Gasteiger partial charge in [0, 0.05) is 21.7 Å². The summed E-state index contributed by atoms with van der Waals surface area (Å²) in [6, 6.07) is 12.6. The molecule has 2 N–H and O–H groups in total. The van der Waals surface area contributed by atoms with Crippen molar-refractivity contribution in [2.45, 2.75) is 25.4 Å². The fourth-order valence-electron chi connectivity index (χ4n) is 3.74. The third kappa shape index (κ3) is 3.98. The number of benzene rings is 1. The molecule has 3 heterocycles. The van der Waals surface area contributed by atoms with Gasteiger partial charge in [-0.25, -0.2) is 4.39 Å². The second-order valence-electron chi connectivity index (χ2n) is 6.92. The average Bonchev–Trinajstić information content (AvgIpc) is 3.35. The Morgan fingerprint density at radius 2 is 2.04 bits per heavy atom. The molecule has 4 rings (SSSR count). The van der Waals surface area contributed by atoms with Crippen molar-refractivity contribution in [1.82, 2.24) is 5.32 Å². The number of hydrogen-bond donors (Lipinski definition) is 2. The maximum atomic E-state index is 13.3. The first-order chi connectivity index (χ1) is 13.1. The average molecular weight is 402 g/mol. The van der Waals surface area contributed by atoms with Gasteiger partial charge in [0.2, 0.25) is 0 Å². The fourth-order valence-corrected chi connectivity index (χ4v) is 5.52. The van der Waals surface area contributed by atoms with Crippen LogP contribution in [0.5, 0.6) is 0 Å². The number of nitrogens with one attached hydrogen (secondary N) is 2. The maximum absolute atomic E-state index is 13.3. The number of thiophene rings is 2. The molecule has 1 unspecified atom stereocenters. The molecule has 3 aromatic rings. The second kappa shape index (κ2) is 7.92. The Kier molecular flexibility index (Phi) is 5.38. The molecule has 1 amide bonds. The van der Waals surface area contributed by atoms with Gasteiger partial charge in [-0.15, -0.1) is 22.7 Å². The van der Waals surface area contributed by atoms with Crippen LogP contribution in [0.3, 0.4) is 0 Å². The van der Waals surface area contributed by atoms with E-state index in [-0.39, 0.29) is 17.8 Å². The summed E-state index contributed by atoms with van der Waals surface area (Å²) in [5.41, 5.74) is 2.27. The molecule has 0 saturated heterocycles. The van der Waals surface area contributed by atoms with E-state index >= 15 is 0 Å². The maximum Gasteiger partial charge on any atom is 0.275 e. The zero-order chi connectivity index (χ0) is 18.8. The molecule has 1 aromatic carbocycles. The van der Waals surface area contributed by atoms with Crippen LogP contribution in [-0.2, 0) is 11.2 Å². The smallest absolute Gasteiger partial charge is 0.275 e. The molecule has 0 spiro atoms. The molecule has 140 valence electrons. The van der Waals surface area contributed by atoms with Gasteiger partial charge in [0.25, 0.3) is 5.91 Å². The van der Waals surface area contributed by atoms with Gasteiger partial charge in [-0.05, 0) is 47.5 Å². The van der Waals surface area contributed by atoms with Crippen molar-refractivity contribution in [3.8, 4) is 0 Å². The minimum atomic E-state index is -0.270. The van der Waals surface area contributed by atoms with Gasteiger partial charge >= 0.3 is 0 Å². The Hall–Kier alpha value is -2.02. The number of hydrogen-bond acceptors (Lipinski definition) is 3. The van der Waals surface area contributed by atoms with Gasteiger partial charge in [0.15, 0.2) is 6.54 Å². The molecule has 0 bridgehead atoms. The zero-order valence-electron chi connectivity index (χ0n) is 15.1. The summed E-state index contributed by atoms with van der Waals surface area (Å²) >= 11 is 3.41. The van der Waals surface area contributed by atoms with Crippen molar-refractivity contribution in [3.63, 3.8) is 0 Å². The summed E-state index contributed by atoms with van der Waals surface area (Å²) < 4.78 is 13.3. The summed E-state index contributed by atoms with van der Waals surface area (Å²) in [4.78, 5) is 16.7. The van der Waals surface area contributed by atoms with E-state index in [4.69, 9.17) is 0 Å². The third-order valence-corrected chi connectivity index (χ3v) is 7.19. The largest absolute Gasteiger partial charge is 0.339 e. The molecule has 2 aromatic heterocycles. The topological polar surface area (TPSA) is 33.5 Å². The number of amides is 1. The van der Waals surface area contributed by atoms with Crippen LogP contribution in [0.15, 0.2) is 53.2 Å². The molecule has 1 aliphatic rings. The molecule has 0 saturated carbocycles. The molecule has 1 aliphatic heterocycles. The SMILES string of the molecule is C[C@@H]1c2ccsc2CC[NH+]1CC(=O)N[C@@H](c1ccc(F)cc1)c1cccs1. The van der Waals surface area contributed by atoms with Crippen LogP contribution in [0.4, 0.5) is 4.39 Å². The summed E-state index contributed by atoms with van der Waals surface area (Å²) in [5.74, 6) is -0.244. The van der Waals surface area contributed by atoms with Crippen molar-refractivity contribution in [1.29, 1.82) is 0 Å². The Morgan fingerprint density at radius 3 is 2.78 bits per heavy atom. The van der Waals surface area contributed by atoms with E-state index in [0.717, 1.165) is 23.4 Å². The zero-order valence-corrected chi connectivity index (χ0v) is 16.7. The summed E-state index contributed by atoms with van der Waals surface area (Å²) in [5, 5.41) is 7.31. The van der Waals surface area contributed by atoms with Crippen LogP contribution in [0.25, 0.3) is 0 Å². The molecule has 0 aliphatic carbocycles.